The molecular weight excluding hydrogens is 248 g/mol. The highest BCUT2D eigenvalue weighted by Crippen LogP contribution is 2.28. The van der Waals surface area contributed by atoms with Crippen LogP contribution in [0.4, 0.5) is 0 Å². The van der Waals surface area contributed by atoms with Gasteiger partial charge in [0.05, 0.1) is 0 Å². The lowest BCUT2D eigenvalue weighted by molar-refractivity contribution is 0.273. The van der Waals surface area contributed by atoms with Crippen LogP contribution in [0, 0.1) is 11.3 Å². The molecule has 0 aromatic heterocycles. The quantitative estimate of drug-likeness (QED) is 0.814. The van der Waals surface area contributed by atoms with E-state index in [1.54, 1.807) is 6.92 Å². The molecule has 0 aliphatic carbocycles. The monoisotopic (exact) mass is 268 g/mol. The van der Waals surface area contributed by atoms with Gasteiger partial charge in [0.15, 0.2) is 6.10 Å². The lowest BCUT2D eigenvalue weighted by Crippen LogP contribution is -2.16. The third-order valence-electron chi connectivity index (χ3n) is 3.21. The minimum atomic E-state index is -0.443. The van der Waals surface area contributed by atoms with E-state index >= 15 is 0 Å². The molecule has 0 saturated carbocycles. The van der Waals surface area contributed by atoms with Crippen molar-refractivity contribution >= 4 is 10.8 Å². The number of hydrogen-bond donors (Lipinski definition) is 1. The Hall–Kier alpha value is -2.05. The van der Waals surface area contributed by atoms with Crippen molar-refractivity contribution in [3.05, 3.63) is 42.0 Å². The van der Waals surface area contributed by atoms with Crippen LogP contribution in [0.25, 0.3) is 10.8 Å². The maximum Gasteiger partial charge on any atom is 0.181 e. The van der Waals surface area contributed by atoms with Crippen molar-refractivity contribution in [1.29, 1.82) is 5.26 Å². The molecule has 2 rings (SSSR count). The van der Waals surface area contributed by atoms with Crippen molar-refractivity contribution in [3.63, 3.8) is 0 Å². The highest BCUT2D eigenvalue weighted by Gasteiger charge is 2.11. The maximum absolute atomic E-state index is 8.92. The summed E-state index contributed by atoms with van der Waals surface area (Å²) in [6.45, 7) is 5.63. The Balaban J connectivity index is 2.39. The van der Waals surface area contributed by atoms with Gasteiger partial charge >= 0.3 is 0 Å². The molecule has 2 aromatic rings. The second-order valence-electron chi connectivity index (χ2n) is 4.83. The predicted octanol–water partition coefficient (Wildman–Crippen LogP) is 3.63. The topological polar surface area (TPSA) is 45.0 Å². The first-order valence-corrected chi connectivity index (χ1v) is 7.04. The van der Waals surface area contributed by atoms with Gasteiger partial charge in [-0.05, 0) is 36.7 Å². The maximum atomic E-state index is 8.92. The molecule has 0 radical (unpaired) electrons. The van der Waals surface area contributed by atoms with Crippen molar-refractivity contribution < 1.29 is 4.74 Å². The molecule has 20 heavy (non-hydrogen) atoms. The van der Waals surface area contributed by atoms with Crippen LogP contribution in [0.2, 0.25) is 0 Å². The van der Waals surface area contributed by atoms with E-state index in [0.717, 1.165) is 30.8 Å². The second kappa shape index (κ2) is 6.93. The molecule has 0 heterocycles. The van der Waals surface area contributed by atoms with Crippen LogP contribution in [0.1, 0.15) is 25.8 Å². The number of benzene rings is 2. The summed E-state index contributed by atoms with van der Waals surface area (Å²) < 4.78 is 5.73. The van der Waals surface area contributed by atoms with Crippen molar-refractivity contribution in [1.82, 2.24) is 5.32 Å². The molecule has 0 bridgehead atoms. The van der Waals surface area contributed by atoms with Gasteiger partial charge in [-0.25, -0.2) is 0 Å². The Morgan fingerprint density at radius 1 is 1.25 bits per heavy atom. The van der Waals surface area contributed by atoms with Crippen molar-refractivity contribution in [2.45, 2.75) is 32.9 Å². The average molecular weight is 268 g/mol. The molecule has 0 amide bonds. The molecular formula is C17H20N2O. The molecule has 1 N–H and O–H groups in total. The van der Waals surface area contributed by atoms with E-state index in [0.29, 0.717) is 0 Å². The van der Waals surface area contributed by atoms with E-state index in [4.69, 9.17) is 10.00 Å². The van der Waals surface area contributed by atoms with Crippen molar-refractivity contribution in [2.75, 3.05) is 6.54 Å². The number of fused-ring (bicyclic) bond motifs is 1. The first-order valence-electron chi connectivity index (χ1n) is 7.04. The van der Waals surface area contributed by atoms with Crippen LogP contribution in [0.5, 0.6) is 5.75 Å². The molecule has 0 fully saturated rings. The number of ether oxygens (including phenoxy) is 1. The second-order valence-corrected chi connectivity index (χ2v) is 4.83. The van der Waals surface area contributed by atoms with Crippen LogP contribution in [0.3, 0.4) is 0 Å². The Labute approximate surface area is 120 Å². The van der Waals surface area contributed by atoms with Gasteiger partial charge in [0.1, 0.15) is 11.8 Å². The van der Waals surface area contributed by atoms with Crippen LogP contribution in [0.15, 0.2) is 36.4 Å². The summed E-state index contributed by atoms with van der Waals surface area (Å²) >= 11 is 0. The fourth-order valence-electron chi connectivity index (χ4n) is 2.22. The average Bonchev–Trinajstić information content (AvgIpc) is 2.49. The Kier molecular flexibility index (Phi) is 4.97. The summed E-state index contributed by atoms with van der Waals surface area (Å²) in [7, 11) is 0. The van der Waals surface area contributed by atoms with Gasteiger partial charge < -0.3 is 10.1 Å². The standard InChI is InChI=1S/C17H20N2O/c1-3-10-19-12-16-15-7-5-4-6-14(15)8-9-17(16)20-13(2)11-18/h4-9,13,19H,3,10,12H2,1-2H3. The summed E-state index contributed by atoms with van der Waals surface area (Å²) in [4.78, 5) is 0. The molecule has 0 aliphatic rings. The smallest absolute Gasteiger partial charge is 0.181 e. The Bertz CT molecular complexity index is 616. The summed E-state index contributed by atoms with van der Waals surface area (Å²) in [6.07, 6.45) is 0.649. The number of rotatable bonds is 6. The van der Waals surface area contributed by atoms with Crippen LogP contribution in [-0.2, 0) is 6.54 Å². The first-order chi connectivity index (χ1) is 9.76. The van der Waals surface area contributed by atoms with E-state index in [1.807, 2.05) is 24.3 Å². The Morgan fingerprint density at radius 2 is 2.05 bits per heavy atom. The molecule has 0 spiro atoms. The van der Waals surface area contributed by atoms with Crippen molar-refractivity contribution in [2.24, 2.45) is 0 Å². The zero-order valence-electron chi connectivity index (χ0n) is 12.0. The molecule has 0 saturated heterocycles. The fourth-order valence-corrected chi connectivity index (χ4v) is 2.22. The van der Waals surface area contributed by atoms with E-state index in [-0.39, 0.29) is 0 Å². The lowest BCUT2D eigenvalue weighted by Gasteiger charge is -2.16. The SMILES string of the molecule is CCCNCc1c(OC(C)C#N)ccc2ccccc12. The lowest BCUT2D eigenvalue weighted by atomic mass is 10.0. The number of hydrogen-bond acceptors (Lipinski definition) is 3. The number of nitrogens with zero attached hydrogens (tertiary/aromatic N) is 1. The van der Waals surface area contributed by atoms with Gasteiger partial charge in [-0.1, -0.05) is 37.3 Å². The minimum absolute atomic E-state index is 0.443. The van der Waals surface area contributed by atoms with E-state index < -0.39 is 6.10 Å². The molecule has 3 heteroatoms. The van der Waals surface area contributed by atoms with Gasteiger partial charge in [0, 0.05) is 12.1 Å². The predicted molar refractivity (Wildman–Crippen MR) is 81.6 cm³/mol. The highest BCUT2D eigenvalue weighted by molar-refractivity contribution is 5.87. The largest absolute Gasteiger partial charge is 0.476 e. The number of nitriles is 1. The zero-order chi connectivity index (χ0) is 14.4. The Morgan fingerprint density at radius 3 is 2.80 bits per heavy atom. The molecule has 104 valence electrons. The van der Waals surface area contributed by atoms with E-state index in [2.05, 4.69) is 30.4 Å². The summed E-state index contributed by atoms with van der Waals surface area (Å²) in [5.74, 6) is 0.793. The third-order valence-corrected chi connectivity index (χ3v) is 3.21. The molecule has 2 aromatic carbocycles. The molecule has 1 unspecified atom stereocenters. The van der Waals surface area contributed by atoms with Gasteiger partial charge in [-0.3, -0.25) is 0 Å². The van der Waals surface area contributed by atoms with Gasteiger partial charge in [0.2, 0.25) is 0 Å². The summed E-state index contributed by atoms with van der Waals surface area (Å²) in [5, 5.41) is 14.7. The summed E-state index contributed by atoms with van der Waals surface area (Å²) in [6, 6.07) is 14.4. The van der Waals surface area contributed by atoms with Crippen molar-refractivity contribution in [3.8, 4) is 11.8 Å². The minimum Gasteiger partial charge on any atom is -0.476 e. The normalized spacial score (nSPS) is 12.1. The van der Waals surface area contributed by atoms with E-state index in [9.17, 15) is 0 Å². The van der Waals surface area contributed by atoms with Gasteiger partial charge in [0.25, 0.3) is 0 Å². The van der Waals surface area contributed by atoms with Gasteiger partial charge in [-0.2, -0.15) is 5.26 Å². The third kappa shape index (κ3) is 3.28. The van der Waals surface area contributed by atoms with Crippen LogP contribution in [-0.4, -0.2) is 12.6 Å². The number of nitrogens with one attached hydrogen (secondary N) is 1. The molecule has 3 nitrogen and oxygen atoms in total. The van der Waals surface area contributed by atoms with Crippen LogP contribution >= 0.6 is 0 Å². The summed E-state index contributed by atoms with van der Waals surface area (Å²) in [5.41, 5.74) is 1.12. The van der Waals surface area contributed by atoms with Gasteiger partial charge in [-0.15, -0.1) is 0 Å². The highest BCUT2D eigenvalue weighted by atomic mass is 16.5. The zero-order valence-corrected chi connectivity index (χ0v) is 12.0. The van der Waals surface area contributed by atoms with E-state index in [1.165, 1.54) is 10.8 Å². The molecule has 0 aliphatic heterocycles. The fraction of sp³-hybridized carbons (Fsp3) is 0.353. The van der Waals surface area contributed by atoms with Crippen LogP contribution < -0.4 is 10.1 Å². The molecule has 1 atom stereocenters. The first kappa shape index (κ1) is 14.4.